The van der Waals surface area contributed by atoms with Gasteiger partial charge in [0.1, 0.15) is 17.6 Å². The van der Waals surface area contributed by atoms with Gasteiger partial charge < -0.3 is 14.8 Å². The Hall–Kier alpha value is -2.50. The highest BCUT2D eigenvalue weighted by Crippen LogP contribution is 2.34. The van der Waals surface area contributed by atoms with Crippen molar-refractivity contribution in [3.05, 3.63) is 40.8 Å². The molecule has 1 heterocycles. The van der Waals surface area contributed by atoms with Crippen LogP contribution < -0.4 is 10.0 Å². The van der Waals surface area contributed by atoms with E-state index in [1.807, 2.05) is 39.8 Å². The van der Waals surface area contributed by atoms with Crippen molar-refractivity contribution in [1.82, 2.24) is 9.71 Å². The molecule has 2 amide bonds. The van der Waals surface area contributed by atoms with Crippen LogP contribution in [0.1, 0.15) is 75.8 Å². The summed E-state index contributed by atoms with van der Waals surface area (Å²) in [5.74, 6) is 0.268. The van der Waals surface area contributed by atoms with E-state index < -0.39 is 11.6 Å². The number of anilines is 1. The molecule has 2 aromatic rings. The lowest BCUT2D eigenvalue weighted by Gasteiger charge is -2.20. The first kappa shape index (κ1) is 21.8. The van der Waals surface area contributed by atoms with E-state index in [0.29, 0.717) is 16.9 Å². The molecule has 8 heteroatoms. The number of oxazole rings is 1. The maximum Gasteiger partial charge on any atom is 0.329 e. The van der Waals surface area contributed by atoms with E-state index in [2.05, 4.69) is 21.1 Å². The number of hydrogen-bond acceptors (Lipinski definition) is 6. The summed E-state index contributed by atoms with van der Waals surface area (Å²) in [6.45, 7) is 11.3. The molecule has 1 aromatic heterocycles. The Morgan fingerprint density at radius 2 is 1.82 bits per heavy atom. The minimum atomic E-state index is -1.12. The largest absolute Gasteiger partial charge is 0.438 e. The van der Waals surface area contributed by atoms with Crippen molar-refractivity contribution < 1.29 is 14.3 Å². The topological polar surface area (TPSA) is 111 Å². The van der Waals surface area contributed by atoms with Crippen molar-refractivity contribution in [2.45, 2.75) is 64.2 Å². The third kappa shape index (κ3) is 5.27. The van der Waals surface area contributed by atoms with Gasteiger partial charge in [-0.3, -0.25) is 4.72 Å². The minimum absolute atomic E-state index is 0.134. The fourth-order valence-corrected chi connectivity index (χ4v) is 3.09. The monoisotopic (exact) mass is 402 g/mol. The average Bonchev–Trinajstić information content (AvgIpc) is 3.09. The van der Waals surface area contributed by atoms with Gasteiger partial charge in [-0.05, 0) is 48.9 Å². The SMILES string of the molecule is CC(C)c1cc(C#N)cc(C(C)C)c1NC(=O)NSc1nc(C(C)(C)O)co1. The molecule has 0 radical (unpaired) electrons. The van der Waals surface area contributed by atoms with Crippen LogP contribution in [0.3, 0.4) is 0 Å². The summed E-state index contributed by atoms with van der Waals surface area (Å²) in [6, 6.07) is 5.37. The number of carbonyl (C=O) groups excluding carboxylic acids is 1. The fourth-order valence-electron chi connectivity index (χ4n) is 2.62. The number of benzene rings is 1. The highest BCUT2D eigenvalue weighted by Gasteiger charge is 2.22. The van der Waals surface area contributed by atoms with E-state index >= 15 is 0 Å². The van der Waals surface area contributed by atoms with Crippen molar-refractivity contribution in [3.8, 4) is 6.07 Å². The highest BCUT2D eigenvalue weighted by atomic mass is 32.2. The van der Waals surface area contributed by atoms with Gasteiger partial charge in [0.2, 0.25) is 0 Å². The molecule has 150 valence electrons. The van der Waals surface area contributed by atoms with Gasteiger partial charge in [-0.25, -0.2) is 9.78 Å². The zero-order valence-corrected chi connectivity index (χ0v) is 17.8. The normalized spacial score (nSPS) is 11.6. The molecular weight excluding hydrogens is 376 g/mol. The summed E-state index contributed by atoms with van der Waals surface area (Å²) in [4.78, 5) is 16.6. The zero-order valence-electron chi connectivity index (χ0n) is 17.0. The van der Waals surface area contributed by atoms with Gasteiger partial charge in [-0.15, -0.1) is 0 Å². The van der Waals surface area contributed by atoms with Crippen LogP contribution in [-0.4, -0.2) is 16.1 Å². The second kappa shape index (κ2) is 8.67. The highest BCUT2D eigenvalue weighted by molar-refractivity contribution is 7.97. The molecule has 0 saturated heterocycles. The molecule has 0 fully saturated rings. The van der Waals surface area contributed by atoms with Crippen molar-refractivity contribution >= 4 is 23.7 Å². The van der Waals surface area contributed by atoms with Crippen LogP contribution in [0.5, 0.6) is 0 Å². The Morgan fingerprint density at radius 1 is 1.25 bits per heavy atom. The molecule has 0 atom stereocenters. The Kier molecular flexibility index (Phi) is 6.75. The van der Waals surface area contributed by atoms with Gasteiger partial charge in [0.25, 0.3) is 5.22 Å². The Labute approximate surface area is 169 Å². The van der Waals surface area contributed by atoms with Crippen LogP contribution in [0, 0.1) is 11.3 Å². The van der Waals surface area contributed by atoms with Crippen molar-refractivity contribution in [2.75, 3.05) is 5.32 Å². The Bertz CT molecular complexity index is 863. The molecule has 0 bridgehead atoms. The van der Waals surface area contributed by atoms with Crippen LogP contribution in [0.4, 0.5) is 10.5 Å². The Balaban J connectivity index is 2.19. The number of rotatable bonds is 6. The first-order valence-electron chi connectivity index (χ1n) is 9.03. The van der Waals surface area contributed by atoms with E-state index in [1.54, 1.807) is 13.8 Å². The third-order valence-corrected chi connectivity index (χ3v) is 4.80. The number of hydrogen-bond donors (Lipinski definition) is 3. The van der Waals surface area contributed by atoms with E-state index in [4.69, 9.17) is 4.42 Å². The van der Waals surface area contributed by atoms with Gasteiger partial charge in [-0.2, -0.15) is 5.26 Å². The number of amides is 2. The summed E-state index contributed by atoms with van der Waals surface area (Å²) < 4.78 is 7.90. The lowest BCUT2D eigenvalue weighted by molar-refractivity contribution is 0.0736. The summed E-state index contributed by atoms with van der Waals surface area (Å²) in [7, 11) is 0. The predicted octanol–water partition coefficient (Wildman–Crippen LogP) is 4.85. The van der Waals surface area contributed by atoms with Crippen LogP contribution in [0.2, 0.25) is 0 Å². The second-order valence-corrected chi connectivity index (χ2v) is 8.42. The standard InChI is InChI=1S/C20H26N4O3S/c1-11(2)14-7-13(9-21)8-15(12(3)4)17(14)23-18(25)24-28-19-22-16(10-27-19)20(5,6)26/h7-8,10-12,26H,1-6H3,(H2,23,24,25). The summed E-state index contributed by atoms with van der Waals surface area (Å²) in [6.07, 6.45) is 1.36. The van der Waals surface area contributed by atoms with Gasteiger partial charge in [0, 0.05) is 17.6 Å². The molecular formula is C20H26N4O3S. The van der Waals surface area contributed by atoms with E-state index in [1.165, 1.54) is 6.26 Å². The maximum atomic E-state index is 12.5. The van der Waals surface area contributed by atoms with E-state index in [-0.39, 0.29) is 17.1 Å². The predicted molar refractivity (Wildman–Crippen MR) is 109 cm³/mol. The lowest BCUT2D eigenvalue weighted by Crippen LogP contribution is -2.24. The minimum Gasteiger partial charge on any atom is -0.438 e. The first-order chi connectivity index (χ1) is 13.0. The first-order valence-corrected chi connectivity index (χ1v) is 9.84. The molecule has 28 heavy (non-hydrogen) atoms. The van der Waals surface area contributed by atoms with Gasteiger partial charge in [0.05, 0.1) is 11.6 Å². The molecule has 0 spiro atoms. The quantitative estimate of drug-likeness (QED) is 0.596. The van der Waals surface area contributed by atoms with Crippen LogP contribution in [-0.2, 0) is 5.60 Å². The third-order valence-electron chi connectivity index (χ3n) is 4.15. The van der Waals surface area contributed by atoms with Crippen LogP contribution in [0.25, 0.3) is 0 Å². The van der Waals surface area contributed by atoms with Crippen molar-refractivity contribution in [3.63, 3.8) is 0 Å². The summed E-state index contributed by atoms with van der Waals surface area (Å²) in [5.41, 5.74) is 2.37. The Morgan fingerprint density at radius 3 is 2.25 bits per heavy atom. The molecule has 0 aliphatic heterocycles. The number of urea groups is 1. The molecule has 3 N–H and O–H groups in total. The molecule has 0 aliphatic carbocycles. The van der Waals surface area contributed by atoms with Gasteiger partial charge in [-0.1, -0.05) is 27.7 Å². The molecule has 0 saturated carbocycles. The number of aliphatic hydroxyl groups is 1. The van der Waals surface area contributed by atoms with Crippen LogP contribution in [0.15, 0.2) is 28.0 Å². The summed E-state index contributed by atoms with van der Waals surface area (Å²) in [5, 5.41) is 22.4. The molecule has 0 unspecified atom stereocenters. The molecule has 7 nitrogen and oxygen atoms in total. The zero-order chi connectivity index (χ0) is 21.1. The number of nitrogens with zero attached hydrogens (tertiary/aromatic N) is 2. The maximum absolute atomic E-state index is 12.5. The van der Waals surface area contributed by atoms with E-state index in [9.17, 15) is 15.2 Å². The second-order valence-electron chi connectivity index (χ2n) is 7.67. The van der Waals surface area contributed by atoms with Crippen molar-refractivity contribution in [1.29, 1.82) is 5.26 Å². The molecule has 0 aliphatic rings. The number of nitrogens with one attached hydrogen (secondary N) is 2. The smallest absolute Gasteiger partial charge is 0.329 e. The van der Waals surface area contributed by atoms with Crippen LogP contribution >= 0.6 is 11.9 Å². The number of carbonyl (C=O) groups is 1. The summed E-state index contributed by atoms with van der Waals surface area (Å²) >= 11 is 0.918. The number of aromatic nitrogens is 1. The van der Waals surface area contributed by atoms with Gasteiger partial charge in [0.15, 0.2) is 0 Å². The van der Waals surface area contributed by atoms with Crippen molar-refractivity contribution in [2.24, 2.45) is 0 Å². The fraction of sp³-hybridized carbons (Fsp3) is 0.450. The van der Waals surface area contributed by atoms with E-state index in [0.717, 1.165) is 23.1 Å². The molecule has 2 rings (SSSR count). The average molecular weight is 403 g/mol. The van der Waals surface area contributed by atoms with Gasteiger partial charge >= 0.3 is 6.03 Å². The molecule has 1 aromatic carbocycles. The number of nitriles is 1. The lowest BCUT2D eigenvalue weighted by atomic mass is 9.90.